The molecule has 0 amide bonds. The lowest BCUT2D eigenvalue weighted by molar-refractivity contribution is -0.138. The van der Waals surface area contributed by atoms with E-state index in [4.69, 9.17) is 25.9 Å². The fourth-order valence-corrected chi connectivity index (χ4v) is 31.1. The summed E-state index contributed by atoms with van der Waals surface area (Å²) in [6.07, 6.45) is 10.7. The van der Waals surface area contributed by atoms with Crippen molar-refractivity contribution < 1.29 is 52.4 Å². The van der Waals surface area contributed by atoms with Gasteiger partial charge in [-0.05, 0) is 158 Å². The molecule has 0 aromatic heterocycles. The highest BCUT2D eigenvalue weighted by atomic mass is 32.2. The minimum Gasteiger partial charge on any atom is -0.462 e. The average molecular weight is 1040 g/mol. The van der Waals surface area contributed by atoms with Crippen molar-refractivity contribution in [3.05, 3.63) is 130 Å². The van der Waals surface area contributed by atoms with Crippen LogP contribution in [0.25, 0.3) is 0 Å². The third-order valence-corrected chi connectivity index (χ3v) is 29.9. The number of allylic oxidation sites excluding steroid dienone is 4. The van der Waals surface area contributed by atoms with Crippen LogP contribution in [0.15, 0.2) is 134 Å². The molecule has 0 saturated heterocycles. The minimum absolute atomic E-state index is 0.00134. The van der Waals surface area contributed by atoms with Gasteiger partial charge in [-0.3, -0.25) is 0 Å². The van der Waals surface area contributed by atoms with E-state index in [2.05, 4.69) is 45.9 Å². The fourth-order valence-electron chi connectivity index (χ4n) is 6.53. The van der Waals surface area contributed by atoms with Crippen molar-refractivity contribution in [3.8, 4) is 0 Å². The maximum Gasteiger partial charge on any atom is 0.350 e. The van der Waals surface area contributed by atoms with Crippen molar-refractivity contribution in [3.63, 3.8) is 0 Å². The van der Waals surface area contributed by atoms with Crippen LogP contribution in [0.4, 0.5) is 0 Å². The van der Waals surface area contributed by atoms with Gasteiger partial charge in [-0.1, -0.05) is 48.6 Å². The number of aryl methyl sites for hydroxylation is 1. The summed E-state index contributed by atoms with van der Waals surface area (Å²) in [6.45, 7) is 30.7. The van der Waals surface area contributed by atoms with E-state index in [0.29, 0.717) is 11.7 Å². The monoisotopic (exact) mass is 1040 g/mol. The lowest BCUT2D eigenvalue weighted by Crippen LogP contribution is -2.61. The van der Waals surface area contributed by atoms with E-state index in [1.54, 1.807) is 68.5 Å². The molecule has 0 saturated carbocycles. The first-order chi connectivity index (χ1) is 30.3. The fraction of sp³-hybridized carbons (Fsp3) is 0.422. The summed E-state index contributed by atoms with van der Waals surface area (Å²) < 4.78 is 92.0. The van der Waals surface area contributed by atoms with E-state index in [-0.39, 0.29) is 29.5 Å². The largest absolute Gasteiger partial charge is 0.462 e. The Balaban J connectivity index is 2.53. The predicted molar refractivity (Wildman–Crippen MR) is 275 cm³/mol. The van der Waals surface area contributed by atoms with Crippen molar-refractivity contribution in [2.75, 3.05) is 40.4 Å². The lowest BCUT2D eigenvalue weighted by Gasteiger charge is -2.44. The first kappa shape index (κ1) is 58.4. The molecular formula is C45H72N2O12S2Si5. The molecule has 66 heavy (non-hydrogen) atoms. The zero-order valence-electron chi connectivity index (χ0n) is 41.5. The third-order valence-electron chi connectivity index (χ3n) is 8.89. The van der Waals surface area contributed by atoms with Crippen molar-refractivity contribution in [1.82, 2.24) is 9.80 Å². The number of hydrogen-bond acceptors (Lipinski definition) is 14. The van der Waals surface area contributed by atoms with Crippen molar-refractivity contribution >= 4 is 73.9 Å². The van der Waals surface area contributed by atoms with E-state index in [0.717, 1.165) is 5.56 Å². The van der Waals surface area contributed by atoms with E-state index in [1.807, 2.05) is 56.8 Å². The first-order valence-electron chi connectivity index (χ1n) is 21.6. The van der Waals surface area contributed by atoms with E-state index in [9.17, 15) is 26.4 Å². The molecule has 21 heteroatoms. The zero-order valence-corrected chi connectivity index (χ0v) is 48.1. The third kappa shape index (κ3) is 19.1. The lowest BCUT2D eigenvalue weighted by atomic mass is 10.2. The van der Waals surface area contributed by atoms with Crippen LogP contribution in [-0.4, -0.2) is 121 Å². The number of carbonyl (C=O) groups excluding carboxylic acids is 2. The van der Waals surface area contributed by atoms with Gasteiger partial charge in [0.2, 0.25) is 19.7 Å². The Labute approximate surface area is 400 Å². The number of ether oxygens (including phenoxy) is 2. The Bertz CT molecular complexity index is 2360. The average Bonchev–Trinajstić information content (AvgIpc) is 3.16. The van der Waals surface area contributed by atoms with E-state index >= 15 is 0 Å². The number of benzene rings is 2. The van der Waals surface area contributed by atoms with Gasteiger partial charge >= 0.3 is 37.6 Å². The van der Waals surface area contributed by atoms with Gasteiger partial charge in [0.15, 0.2) is 26.4 Å². The second kappa shape index (κ2) is 24.5. The second-order valence-electron chi connectivity index (χ2n) is 18.2. The summed E-state index contributed by atoms with van der Waals surface area (Å²) in [6, 6.07) is 14.0. The normalized spacial score (nSPS) is 15.4. The smallest absolute Gasteiger partial charge is 0.350 e. The van der Waals surface area contributed by atoms with Crippen LogP contribution in [0.1, 0.15) is 19.4 Å². The summed E-state index contributed by atoms with van der Waals surface area (Å²) in [7, 11) is -18.6. The number of sulfone groups is 2. The zero-order chi connectivity index (χ0) is 50.4. The number of hydrogen-bond donors (Lipinski definition) is 0. The molecule has 0 fully saturated rings. The van der Waals surface area contributed by atoms with Crippen LogP contribution in [0.2, 0.25) is 65.5 Å². The molecule has 0 N–H and O–H groups in total. The molecule has 2 rings (SSSR count). The van der Waals surface area contributed by atoms with Crippen LogP contribution in [-0.2, 0) is 55.2 Å². The summed E-state index contributed by atoms with van der Waals surface area (Å²) in [5, 5.41) is 0.664. The Hall–Kier alpha value is -3.76. The van der Waals surface area contributed by atoms with Gasteiger partial charge in [-0.2, -0.15) is 0 Å². The summed E-state index contributed by atoms with van der Waals surface area (Å²) in [5.41, 5.74) is 2.84. The number of carbonyl (C=O) groups is 2. The highest BCUT2D eigenvalue weighted by Crippen LogP contribution is 2.31. The second-order valence-corrected chi connectivity index (χ2v) is 41.5. The Morgan fingerprint density at radius 2 is 1.09 bits per heavy atom. The molecule has 0 aliphatic rings. The van der Waals surface area contributed by atoms with E-state index < -0.39 is 83.7 Å². The van der Waals surface area contributed by atoms with Crippen molar-refractivity contribution in [2.24, 2.45) is 0 Å². The Morgan fingerprint density at radius 3 is 1.55 bits per heavy atom. The Kier molecular flexibility index (Phi) is 21.7. The van der Waals surface area contributed by atoms with Crippen molar-refractivity contribution in [2.45, 2.75) is 96.0 Å². The topological polar surface area (TPSA) is 164 Å². The summed E-state index contributed by atoms with van der Waals surface area (Å²) in [5.74, 6) is -1.90. The molecule has 0 aliphatic heterocycles. The van der Waals surface area contributed by atoms with Gasteiger partial charge in [-0.25, -0.2) is 26.4 Å². The summed E-state index contributed by atoms with van der Waals surface area (Å²) in [4.78, 5) is 28.4. The quantitative estimate of drug-likeness (QED) is 0.0380. The van der Waals surface area contributed by atoms with Gasteiger partial charge in [0.1, 0.15) is 0 Å². The highest BCUT2D eigenvalue weighted by Gasteiger charge is 2.50. The predicted octanol–water partition coefficient (Wildman–Crippen LogP) is 8.80. The van der Waals surface area contributed by atoms with Crippen LogP contribution in [0.3, 0.4) is 0 Å². The molecule has 0 spiro atoms. The maximum atomic E-state index is 13.5. The SMILES string of the molecule is C=C(CN(C)/C=C/C=C(/C(=O)OCC)S(=O)(=O)c1ccccc1)[Si](C)(O[Si](C)(C)O[Si](C)(C)C)O[Si](C)(/C=C/CN(C)/C=C/C=C(\C(=O)OCC)S(=O)(=O)c1ccc(C)cc1)O[Si](C)(C)C. The standard InChI is InChI=1S/C45H72N2O12S2Si5/c1-17-54-44(48)42(60(50,51)40-25-20-19-21-26-40)28-23-34-47(6)37-39(4)66(16,58-64(13,14)56-62(7,8)9)59-65(15,57-63(10,11)12)36-24-35-46(5)33-22-27-43(45(49)55-18-2)61(52,53)41-31-29-38(3)30-32-41/h19-34,36H,4,17-18,35,37H2,1-3,5-16H3/b33-22+,34-23+,36-24+,42-28-,43-27+. The molecular weight excluding hydrogens is 965 g/mol. The number of rotatable bonds is 26. The van der Waals surface area contributed by atoms with E-state index in [1.165, 1.54) is 48.6 Å². The molecule has 14 nitrogen and oxygen atoms in total. The molecule has 2 aromatic carbocycles. The molecule has 0 bridgehead atoms. The molecule has 0 heterocycles. The molecule has 2 aromatic rings. The van der Waals surface area contributed by atoms with Crippen molar-refractivity contribution in [1.29, 1.82) is 0 Å². The molecule has 2 atom stereocenters. The van der Waals surface area contributed by atoms with Crippen LogP contribution >= 0.6 is 0 Å². The Morgan fingerprint density at radius 1 is 0.636 bits per heavy atom. The molecule has 366 valence electrons. The summed E-state index contributed by atoms with van der Waals surface area (Å²) >= 11 is 0. The molecule has 0 aliphatic carbocycles. The molecule has 0 radical (unpaired) electrons. The van der Waals surface area contributed by atoms with Gasteiger partial charge in [0.25, 0.3) is 0 Å². The van der Waals surface area contributed by atoms with Crippen LogP contribution in [0.5, 0.6) is 0 Å². The molecule has 2 unspecified atom stereocenters. The van der Waals surface area contributed by atoms with Crippen LogP contribution in [0, 0.1) is 6.92 Å². The van der Waals surface area contributed by atoms with Gasteiger partial charge in [0, 0.05) is 27.2 Å². The number of likely N-dealkylation sites (N-methyl/N-ethyl adjacent to an activating group) is 2. The van der Waals surface area contributed by atoms with Gasteiger partial charge in [-0.15, -0.1) is 0 Å². The number of esters is 2. The van der Waals surface area contributed by atoms with Gasteiger partial charge in [0.05, 0.1) is 23.0 Å². The highest BCUT2D eigenvalue weighted by molar-refractivity contribution is 7.96. The minimum atomic E-state index is -4.18. The first-order valence-corrected chi connectivity index (χ1v) is 38.9. The van der Waals surface area contributed by atoms with Gasteiger partial charge < -0.3 is 35.7 Å². The maximum absolute atomic E-state index is 13.5. The van der Waals surface area contributed by atoms with Crippen LogP contribution < -0.4 is 0 Å². The number of nitrogens with zero attached hydrogens (tertiary/aromatic N) is 2.